The van der Waals surface area contributed by atoms with Gasteiger partial charge in [0.2, 0.25) is 5.91 Å². The third kappa shape index (κ3) is 4.40. The van der Waals surface area contributed by atoms with Crippen molar-refractivity contribution in [3.63, 3.8) is 0 Å². The summed E-state index contributed by atoms with van der Waals surface area (Å²) in [6.07, 6.45) is 6.15. The number of hydrogen-bond donors (Lipinski definition) is 0. The van der Waals surface area contributed by atoms with Gasteiger partial charge in [0.15, 0.2) is 5.82 Å². The number of rotatable bonds is 6. The highest BCUT2D eigenvalue weighted by atomic mass is 19.1. The fourth-order valence-corrected chi connectivity index (χ4v) is 7.17. The summed E-state index contributed by atoms with van der Waals surface area (Å²) in [5.74, 6) is -0.499. The summed E-state index contributed by atoms with van der Waals surface area (Å²) in [6.45, 7) is 5.25. The Hall–Kier alpha value is -3.73. The van der Waals surface area contributed by atoms with E-state index in [-0.39, 0.29) is 53.7 Å². The van der Waals surface area contributed by atoms with Crippen LogP contribution in [0, 0.1) is 11.6 Å². The maximum Gasteiger partial charge on any atom is 0.319 e. The highest BCUT2D eigenvalue weighted by Gasteiger charge is 2.49. The zero-order chi connectivity index (χ0) is 29.1. The van der Waals surface area contributed by atoms with E-state index in [9.17, 15) is 13.6 Å². The number of alkyl halides is 1. The number of carbonyl (C=O) groups is 1. The zero-order valence-corrected chi connectivity index (χ0v) is 23.5. The minimum absolute atomic E-state index is 0.00543. The maximum atomic E-state index is 16.5. The van der Waals surface area contributed by atoms with E-state index in [1.807, 2.05) is 16.8 Å². The first kappa shape index (κ1) is 27.1. The van der Waals surface area contributed by atoms with Crippen molar-refractivity contribution in [2.75, 3.05) is 38.2 Å². The monoisotopic (exact) mass is 578 g/mol. The van der Waals surface area contributed by atoms with Gasteiger partial charge in [0.25, 0.3) is 0 Å². The number of fused-ring (bicyclic) bond motifs is 3. The van der Waals surface area contributed by atoms with E-state index in [1.165, 1.54) is 12.1 Å². The molecule has 1 aliphatic carbocycles. The quantitative estimate of drug-likeness (QED) is 0.405. The third-order valence-corrected chi connectivity index (χ3v) is 9.44. The van der Waals surface area contributed by atoms with Gasteiger partial charge in [-0.2, -0.15) is 9.97 Å². The van der Waals surface area contributed by atoms with E-state index in [0.29, 0.717) is 61.2 Å². The predicted octanol–water partition coefficient (Wildman–Crippen LogP) is 4.25. The van der Waals surface area contributed by atoms with E-state index in [2.05, 4.69) is 21.4 Å². The molecule has 4 aliphatic rings. The molecule has 0 spiro atoms. The Kier molecular flexibility index (Phi) is 6.79. The van der Waals surface area contributed by atoms with E-state index in [4.69, 9.17) is 9.72 Å². The van der Waals surface area contributed by atoms with Gasteiger partial charge in [-0.1, -0.05) is 6.58 Å². The number of anilines is 1. The number of nitrogens with zero attached hydrogens (tertiary/aromatic N) is 6. The van der Waals surface area contributed by atoms with Crippen molar-refractivity contribution in [2.45, 2.75) is 62.8 Å². The molecule has 0 saturated carbocycles. The minimum atomic E-state index is -0.925. The molecular weight excluding hydrogens is 545 g/mol. The van der Waals surface area contributed by atoms with E-state index in [1.54, 1.807) is 12.3 Å². The Morgan fingerprint density at radius 3 is 2.71 bits per heavy atom. The van der Waals surface area contributed by atoms with Gasteiger partial charge in [0.1, 0.15) is 35.6 Å². The Labute approximate surface area is 242 Å². The predicted molar refractivity (Wildman–Crippen MR) is 152 cm³/mol. The summed E-state index contributed by atoms with van der Waals surface area (Å²) >= 11 is 0. The van der Waals surface area contributed by atoms with Crippen LogP contribution in [0.25, 0.3) is 22.2 Å². The summed E-state index contributed by atoms with van der Waals surface area (Å²) in [5.41, 5.74) is 2.19. The molecule has 4 atom stereocenters. The van der Waals surface area contributed by atoms with Gasteiger partial charge in [-0.15, -0.1) is 0 Å². The molecule has 8 nitrogen and oxygen atoms in total. The first-order valence-electron chi connectivity index (χ1n) is 14.7. The molecule has 3 aliphatic heterocycles. The number of aromatic nitrogens is 3. The second kappa shape index (κ2) is 10.5. The molecule has 220 valence electrons. The molecule has 3 fully saturated rings. The molecular formula is C31H33F3N6O2. The van der Waals surface area contributed by atoms with Crippen LogP contribution in [-0.4, -0.2) is 88.2 Å². The van der Waals surface area contributed by atoms with Crippen molar-refractivity contribution in [3.05, 3.63) is 53.7 Å². The lowest BCUT2D eigenvalue weighted by atomic mass is 9.86. The number of benzene rings is 1. The van der Waals surface area contributed by atoms with Crippen LogP contribution < -0.4 is 9.64 Å². The Morgan fingerprint density at radius 1 is 1.14 bits per heavy atom. The molecule has 5 heterocycles. The standard InChI is InChI=1S/C31H33F3N6O2/c1-3-26(41)39-11-10-24-25(39)15-40(24)30-22-13-35-28(21-8-9-23(33)20-7-5-4-6-19(20)21)27(34)29(22)36-31(37-30)42-16-18-12-17(32)14-38(18)2/h3,8-9,13,17-18,24-25H,1,4-7,10-12,14-16H2,2H3/t17-,18+,24-,25-/m1/s1. The van der Waals surface area contributed by atoms with Crippen molar-refractivity contribution < 1.29 is 22.7 Å². The van der Waals surface area contributed by atoms with Crippen LogP contribution in [0.15, 0.2) is 31.0 Å². The molecule has 1 aromatic carbocycles. The van der Waals surface area contributed by atoms with Crippen LogP contribution >= 0.6 is 0 Å². The van der Waals surface area contributed by atoms with Crippen molar-refractivity contribution in [3.8, 4) is 17.3 Å². The number of carbonyl (C=O) groups excluding carboxylic acids is 1. The molecule has 3 aromatic rings. The molecule has 2 aromatic heterocycles. The molecule has 7 rings (SSSR count). The first-order valence-corrected chi connectivity index (χ1v) is 14.7. The lowest BCUT2D eigenvalue weighted by Crippen LogP contribution is -2.63. The second-order valence-electron chi connectivity index (χ2n) is 11.8. The largest absolute Gasteiger partial charge is 0.462 e. The van der Waals surface area contributed by atoms with Crippen LogP contribution in [0.3, 0.4) is 0 Å². The summed E-state index contributed by atoms with van der Waals surface area (Å²) in [5, 5.41) is 0.438. The highest BCUT2D eigenvalue weighted by Crippen LogP contribution is 2.41. The van der Waals surface area contributed by atoms with Crippen LogP contribution in [0.5, 0.6) is 6.01 Å². The van der Waals surface area contributed by atoms with Gasteiger partial charge in [-0.05, 0) is 74.9 Å². The van der Waals surface area contributed by atoms with Crippen LogP contribution in [0.1, 0.15) is 36.8 Å². The number of likely N-dealkylation sites (tertiary alicyclic amines) is 2. The highest BCUT2D eigenvalue weighted by molar-refractivity contribution is 5.93. The Balaban J connectivity index is 1.29. The summed E-state index contributed by atoms with van der Waals surface area (Å²) < 4.78 is 51.1. The molecule has 1 amide bonds. The fraction of sp³-hybridized carbons (Fsp3) is 0.484. The molecule has 42 heavy (non-hydrogen) atoms. The molecule has 3 saturated heterocycles. The molecule has 0 unspecified atom stereocenters. The number of pyridine rings is 1. The number of halogens is 3. The van der Waals surface area contributed by atoms with Crippen molar-refractivity contribution in [2.24, 2.45) is 0 Å². The summed E-state index contributed by atoms with van der Waals surface area (Å²) in [7, 11) is 1.85. The number of hydrogen-bond acceptors (Lipinski definition) is 7. The smallest absolute Gasteiger partial charge is 0.319 e. The van der Waals surface area contributed by atoms with Gasteiger partial charge >= 0.3 is 6.01 Å². The molecule has 0 radical (unpaired) electrons. The maximum absolute atomic E-state index is 16.5. The average molecular weight is 579 g/mol. The number of likely N-dealkylation sites (N-methyl/N-ethyl adjacent to an activating group) is 1. The van der Waals surface area contributed by atoms with E-state index >= 15 is 4.39 Å². The summed E-state index contributed by atoms with van der Waals surface area (Å²) in [4.78, 5) is 31.9. The fourth-order valence-electron chi connectivity index (χ4n) is 7.17. The third-order valence-electron chi connectivity index (χ3n) is 9.44. The molecule has 0 bridgehead atoms. The lowest BCUT2D eigenvalue weighted by Gasteiger charge is -2.47. The SMILES string of the molecule is C=CC(=O)N1CC[C@@H]2[C@H]1CN2c1nc(OC[C@@H]2C[C@@H](F)CN2C)nc2c(F)c(-c3ccc(F)c4c3CCCC4)ncc12. The van der Waals surface area contributed by atoms with Crippen molar-refractivity contribution in [1.29, 1.82) is 0 Å². The lowest BCUT2D eigenvalue weighted by molar-refractivity contribution is -0.127. The van der Waals surface area contributed by atoms with Crippen LogP contribution in [0.2, 0.25) is 0 Å². The zero-order valence-electron chi connectivity index (χ0n) is 23.5. The van der Waals surface area contributed by atoms with Crippen molar-refractivity contribution >= 4 is 22.6 Å². The van der Waals surface area contributed by atoms with Crippen LogP contribution in [0.4, 0.5) is 19.0 Å². The first-order chi connectivity index (χ1) is 20.3. The number of ether oxygens (including phenoxy) is 1. The normalized spacial score (nSPS) is 25.3. The number of amides is 1. The average Bonchev–Trinajstić information content (AvgIpc) is 3.49. The Morgan fingerprint density at radius 2 is 1.95 bits per heavy atom. The molecule has 0 N–H and O–H groups in total. The minimum Gasteiger partial charge on any atom is -0.462 e. The Bertz CT molecular complexity index is 1580. The molecule has 11 heteroatoms. The van der Waals surface area contributed by atoms with Gasteiger partial charge in [0.05, 0.1) is 17.5 Å². The van der Waals surface area contributed by atoms with Gasteiger partial charge in [-0.3, -0.25) is 14.7 Å². The van der Waals surface area contributed by atoms with Gasteiger partial charge < -0.3 is 14.5 Å². The summed E-state index contributed by atoms with van der Waals surface area (Å²) in [6, 6.07) is 2.88. The van der Waals surface area contributed by atoms with Crippen molar-refractivity contribution in [1.82, 2.24) is 24.8 Å². The van der Waals surface area contributed by atoms with E-state index in [0.717, 1.165) is 24.8 Å². The van der Waals surface area contributed by atoms with Gasteiger partial charge in [-0.25, -0.2) is 13.2 Å². The second-order valence-corrected chi connectivity index (χ2v) is 11.8. The van der Waals surface area contributed by atoms with Crippen LogP contribution in [-0.2, 0) is 17.6 Å². The topological polar surface area (TPSA) is 74.7 Å². The van der Waals surface area contributed by atoms with Gasteiger partial charge in [0, 0.05) is 37.4 Å². The van der Waals surface area contributed by atoms with E-state index < -0.39 is 12.0 Å².